The van der Waals surface area contributed by atoms with Crippen LogP contribution in [0.2, 0.25) is 0 Å². The molecule has 0 aromatic rings. The molecule has 0 spiro atoms. The van der Waals surface area contributed by atoms with E-state index < -0.39 is 0 Å². The minimum Gasteiger partial charge on any atom is -0.356 e. The topological polar surface area (TPSA) is 55.1 Å². The second-order valence-corrected chi connectivity index (χ2v) is 6.19. The summed E-state index contributed by atoms with van der Waals surface area (Å²) < 4.78 is 0. The highest BCUT2D eigenvalue weighted by molar-refractivity contribution is 5.75. The van der Waals surface area contributed by atoms with Gasteiger partial charge in [-0.25, -0.2) is 0 Å². The molecule has 1 aliphatic rings. The number of hydrogen-bond acceptors (Lipinski definition) is 2. The molecule has 0 unspecified atom stereocenters. The Morgan fingerprint density at radius 2 is 1.94 bits per heavy atom. The first-order chi connectivity index (χ1) is 8.03. The van der Waals surface area contributed by atoms with Crippen LogP contribution in [0.1, 0.15) is 58.8 Å². The van der Waals surface area contributed by atoms with Gasteiger partial charge in [0.05, 0.1) is 0 Å². The summed E-state index contributed by atoms with van der Waals surface area (Å²) in [7, 11) is 0. The van der Waals surface area contributed by atoms with Crippen LogP contribution in [-0.4, -0.2) is 19.0 Å². The molecule has 17 heavy (non-hydrogen) atoms. The fourth-order valence-electron chi connectivity index (χ4n) is 2.31. The van der Waals surface area contributed by atoms with Crippen LogP contribution in [-0.2, 0) is 4.79 Å². The second kappa shape index (κ2) is 7.00. The van der Waals surface area contributed by atoms with Gasteiger partial charge < -0.3 is 11.1 Å². The first-order valence-electron chi connectivity index (χ1n) is 7.00. The minimum atomic E-state index is 0.0144. The lowest BCUT2D eigenvalue weighted by Crippen LogP contribution is -2.38. The van der Waals surface area contributed by atoms with Crippen LogP contribution < -0.4 is 11.1 Å². The first-order valence-corrected chi connectivity index (χ1v) is 7.00. The molecule has 1 rings (SSSR count). The number of nitrogens with one attached hydrogen (secondary N) is 1. The van der Waals surface area contributed by atoms with Crippen molar-refractivity contribution >= 4 is 5.91 Å². The Morgan fingerprint density at radius 1 is 1.29 bits per heavy atom. The Balaban J connectivity index is 2.12. The van der Waals surface area contributed by atoms with Crippen LogP contribution in [0, 0.1) is 11.3 Å². The first kappa shape index (κ1) is 14.5. The molecule has 3 N–H and O–H groups in total. The molecule has 0 atom stereocenters. The molecule has 1 amide bonds. The Labute approximate surface area is 106 Å². The summed E-state index contributed by atoms with van der Waals surface area (Å²) >= 11 is 0. The van der Waals surface area contributed by atoms with Crippen LogP contribution >= 0.6 is 0 Å². The average molecular weight is 240 g/mol. The lowest BCUT2D eigenvalue weighted by molar-refractivity contribution is -0.121. The van der Waals surface area contributed by atoms with Crippen molar-refractivity contribution in [2.75, 3.05) is 13.1 Å². The highest BCUT2D eigenvalue weighted by Crippen LogP contribution is 2.27. The summed E-state index contributed by atoms with van der Waals surface area (Å²) in [6.45, 7) is 5.45. The molecular weight excluding hydrogens is 212 g/mol. The summed E-state index contributed by atoms with van der Waals surface area (Å²) in [6, 6.07) is 0. The van der Waals surface area contributed by atoms with E-state index in [2.05, 4.69) is 19.2 Å². The highest BCUT2D eigenvalue weighted by atomic mass is 16.1. The smallest absolute Gasteiger partial charge is 0.220 e. The highest BCUT2D eigenvalue weighted by Gasteiger charge is 2.18. The molecular formula is C14H28N2O. The third-order valence-corrected chi connectivity index (χ3v) is 3.82. The van der Waals surface area contributed by atoms with Crippen LogP contribution in [0.15, 0.2) is 0 Å². The molecule has 0 aromatic carbocycles. The van der Waals surface area contributed by atoms with Crippen LogP contribution in [0.4, 0.5) is 0 Å². The van der Waals surface area contributed by atoms with E-state index in [1.54, 1.807) is 0 Å². The Kier molecular flexibility index (Phi) is 5.96. The van der Waals surface area contributed by atoms with E-state index in [9.17, 15) is 4.79 Å². The SMILES string of the molecule is CC(C)(CN)CNC(=O)CCC1CCCCC1. The van der Waals surface area contributed by atoms with Crippen molar-refractivity contribution < 1.29 is 4.79 Å². The molecule has 100 valence electrons. The zero-order valence-electron chi connectivity index (χ0n) is 11.4. The second-order valence-electron chi connectivity index (χ2n) is 6.19. The van der Waals surface area contributed by atoms with Gasteiger partial charge in [0.15, 0.2) is 0 Å². The summed E-state index contributed by atoms with van der Waals surface area (Å²) in [5.74, 6) is 0.981. The maximum atomic E-state index is 11.7. The number of carbonyl (C=O) groups excluding carboxylic acids is 1. The third-order valence-electron chi connectivity index (χ3n) is 3.82. The van der Waals surface area contributed by atoms with Crippen molar-refractivity contribution in [1.82, 2.24) is 5.32 Å². The zero-order chi connectivity index (χ0) is 12.7. The van der Waals surface area contributed by atoms with Gasteiger partial charge in [0.2, 0.25) is 5.91 Å². The number of amides is 1. The Bertz CT molecular complexity index is 232. The summed E-state index contributed by atoms with van der Waals surface area (Å²) in [4.78, 5) is 11.7. The quantitative estimate of drug-likeness (QED) is 0.749. The molecule has 3 nitrogen and oxygen atoms in total. The Morgan fingerprint density at radius 3 is 2.53 bits per heavy atom. The van der Waals surface area contributed by atoms with E-state index in [-0.39, 0.29) is 11.3 Å². The van der Waals surface area contributed by atoms with Gasteiger partial charge in [0.25, 0.3) is 0 Å². The molecule has 0 aromatic heterocycles. The van der Waals surface area contributed by atoms with Crippen molar-refractivity contribution in [3.63, 3.8) is 0 Å². The van der Waals surface area contributed by atoms with Gasteiger partial charge in [-0.2, -0.15) is 0 Å². The van der Waals surface area contributed by atoms with Crippen LogP contribution in [0.25, 0.3) is 0 Å². The van der Waals surface area contributed by atoms with Crippen molar-refractivity contribution in [3.05, 3.63) is 0 Å². The van der Waals surface area contributed by atoms with E-state index in [1.165, 1.54) is 32.1 Å². The molecule has 0 bridgehead atoms. The monoisotopic (exact) mass is 240 g/mol. The fraction of sp³-hybridized carbons (Fsp3) is 0.929. The minimum absolute atomic E-state index is 0.0144. The Hall–Kier alpha value is -0.570. The normalized spacial score (nSPS) is 18.1. The van der Waals surface area contributed by atoms with E-state index in [1.807, 2.05) is 0 Å². The van der Waals surface area contributed by atoms with Gasteiger partial charge >= 0.3 is 0 Å². The summed E-state index contributed by atoms with van der Waals surface area (Å²) in [5, 5.41) is 2.99. The number of carbonyl (C=O) groups is 1. The molecule has 0 heterocycles. The number of nitrogens with two attached hydrogens (primary N) is 1. The van der Waals surface area contributed by atoms with E-state index in [4.69, 9.17) is 5.73 Å². The predicted molar refractivity (Wildman–Crippen MR) is 71.7 cm³/mol. The van der Waals surface area contributed by atoms with Crippen LogP contribution in [0.5, 0.6) is 0 Å². The van der Waals surface area contributed by atoms with Gasteiger partial charge in [-0.15, -0.1) is 0 Å². The number of hydrogen-bond donors (Lipinski definition) is 2. The van der Waals surface area contributed by atoms with Gasteiger partial charge in [-0.1, -0.05) is 46.0 Å². The lowest BCUT2D eigenvalue weighted by Gasteiger charge is -2.24. The van der Waals surface area contributed by atoms with Gasteiger partial charge in [0, 0.05) is 13.0 Å². The molecule has 3 heteroatoms. The average Bonchev–Trinajstić information content (AvgIpc) is 2.35. The molecule has 1 aliphatic carbocycles. The van der Waals surface area contributed by atoms with Crippen molar-refractivity contribution in [3.8, 4) is 0 Å². The predicted octanol–water partition coefficient (Wildman–Crippen LogP) is 2.45. The maximum absolute atomic E-state index is 11.7. The molecule has 0 saturated heterocycles. The number of rotatable bonds is 6. The molecule has 1 saturated carbocycles. The van der Waals surface area contributed by atoms with Crippen molar-refractivity contribution in [1.29, 1.82) is 0 Å². The van der Waals surface area contributed by atoms with Crippen molar-refractivity contribution in [2.45, 2.75) is 58.8 Å². The van der Waals surface area contributed by atoms with E-state index in [0.29, 0.717) is 19.5 Å². The summed E-state index contributed by atoms with van der Waals surface area (Å²) in [6.07, 6.45) is 8.48. The van der Waals surface area contributed by atoms with Crippen LogP contribution in [0.3, 0.4) is 0 Å². The summed E-state index contributed by atoms with van der Waals surface area (Å²) in [5.41, 5.74) is 5.65. The van der Waals surface area contributed by atoms with Gasteiger partial charge in [-0.3, -0.25) is 4.79 Å². The van der Waals surface area contributed by atoms with E-state index in [0.717, 1.165) is 12.3 Å². The maximum Gasteiger partial charge on any atom is 0.220 e. The molecule has 0 radical (unpaired) electrons. The third kappa shape index (κ3) is 6.06. The zero-order valence-corrected chi connectivity index (χ0v) is 11.4. The molecule has 0 aliphatic heterocycles. The largest absolute Gasteiger partial charge is 0.356 e. The lowest BCUT2D eigenvalue weighted by atomic mass is 9.86. The van der Waals surface area contributed by atoms with E-state index >= 15 is 0 Å². The molecule has 1 fully saturated rings. The van der Waals surface area contributed by atoms with Crippen molar-refractivity contribution in [2.24, 2.45) is 17.1 Å². The van der Waals surface area contributed by atoms with Gasteiger partial charge in [-0.05, 0) is 24.3 Å². The standard InChI is InChI=1S/C14H28N2O/c1-14(2,10-15)11-16-13(17)9-8-12-6-4-3-5-7-12/h12H,3-11,15H2,1-2H3,(H,16,17). The van der Waals surface area contributed by atoms with Gasteiger partial charge in [0.1, 0.15) is 0 Å². The fourth-order valence-corrected chi connectivity index (χ4v) is 2.31.